The third-order valence-electron chi connectivity index (χ3n) is 1.99. The molecule has 0 rings (SSSR count). The minimum Gasteiger partial charge on any atom is -0.469 e. The van der Waals surface area contributed by atoms with Gasteiger partial charge in [0.1, 0.15) is 0 Å². The molecule has 0 atom stereocenters. The van der Waals surface area contributed by atoms with Crippen LogP contribution in [0.25, 0.3) is 0 Å². The second-order valence-electron chi connectivity index (χ2n) is 3.44. The molecule has 17 heavy (non-hydrogen) atoms. The average Bonchev–Trinajstić information content (AvgIpc) is 2.25. The van der Waals surface area contributed by atoms with Crippen molar-refractivity contribution in [3.8, 4) is 0 Å². The highest BCUT2D eigenvalue weighted by Crippen LogP contribution is 2.05. The van der Waals surface area contributed by atoms with E-state index in [1.165, 1.54) is 11.4 Å². The number of hydrogen-bond donors (Lipinski definition) is 1. The molecule has 0 radical (unpaired) electrons. The van der Waals surface area contributed by atoms with E-state index in [9.17, 15) is 13.2 Å². The second kappa shape index (κ2) is 7.57. The first-order chi connectivity index (χ1) is 7.83. The summed E-state index contributed by atoms with van der Waals surface area (Å²) in [7, 11) is -2.30. The van der Waals surface area contributed by atoms with Gasteiger partial charge in [0.15, 0.2) is 0 Å². The van der Waals surface area contributed by atoms with Crippen molar-refractivity contribution in [3.63, 3.8) is 0 Å². The van der Waals surface area contributed by atoms with Crippen LogP contribution >= 0.6 is 12.2 Å². The van der Waals surface area contributed by atoms with Crippen LogP contribution in [0, 0.1) is 0 Å². The minimum absolute atomic E-state index is 0.00663. The van der Waals surface area contributed by atoms with Crippen molar-refractivity contribution in [3.05, 3.63) is 0 Å². The minimum atomic E-state index is -3.52. The molecule has 0 aliphatic heterocycles. The standard InChI is InChI=1S/C9H18N2O4S2/c1-3-5-11(7-8(10)16)17(13,14)6-4-9(12)15-2/h3-7H2,1-2H3,(H2,10,16). The van der Waals surface area contributed by atoms with Gasteiger partial charge in [-0.2, -0.15) is 4.31 Å². The van der Waals surface area contributed by atoms with E-state index in [0.29, 0.717) is 13.0 Å². The largest absolute Gasteiger partial charge is 0.469 e. The van der Waals surface area contributed by atoms with Crippen molar-refractivity contribution in [2.24, 2.45) is 5.73 Å². The van der Waals surface area contributed by atoms with Gasteiger partial charge in [0.2, 0.25) is 10.0 Å². The van der Waals surface area contributed by atoms with Gasteiger partial charge < -0.3 is 10.5 Å². The van der Waals surface area contributed by atoms with Gasteiger partial charge in [0.05, 0.1) is 30.8 Å². The first-order valence-corrected chi connectivity index (χ1v) is 7.18. The fraction of sp³-hybridized carbons (Fsp3) is 0.778. The number of carbonyl (C=O) groups is 1. The first-order valence-electron chi connectivity index (χ1n) is 5.16. The number of carbonyl (C=O) groups excluding carboxylic acids is 1. The van der Waals surface area contributed by atoms with Gasteiger partial charge in [-0.15, -0.1) is 0 Å². The number of ether oxygens (including phenoxy) is 1. The van der Waals surface area contributed by atoms with Crippen molar-refractivity contribution >= 4 is 33.2 Å². The molecule has 6 nitrogen and oxygen atoms in total. The van der Waals surface area contributed by atoms with E-state index < -0.39 is 16.0 Å². The molecular weight excluding hydrogens is 264 g/mol. The van der Waals surface area contributed by atoms with Crippen molar-refractivity contribution in [1.82, 2.24) is 4.31 Å². The van der Waals surface area contributed by atoms with E-state index >= 15 is 0 Å². The molecule has 0 aromatic rings. The van der Waals surface area contributed by atoms with Crippen LogP contribution in [0.5, 0.6) is 0 Å². The Kier molecular flexibility index (Phi) is 7.24. The maximum Gasteiger partial charge on any atom is 0.306 e. The number of nitrogens with two attached hydrogens (primary N) is 1. The molecule has 0 saturated heterocycles. The Balaban J connectivity index is 4.59. The third kappa shape index (κ3) is 6.54. The molecule has 2 N–H and O–H groups in total. The molecule has 0 aromatic carbocycles. The van der Waals surface area contributed by atoms with Crippen LogP contribution < -0.4 is 5.73 Å². The maximum absolute atomic E-state index is 11.9. The Morgan fingerprint density at radius 2 is 2.06 bits per heavy atom. The van der Waals surface area contributed by atoms with Crippen LogP contribution in [0.4, 0.5) is 0 Å². The molecule has 0 bridgehead atoms. The summed E-state index contributed by atoms with van der Waals surface area (Å²) in [6, 6.07) is 0. The third-order valence-corrected chi connectivity index (χ3v) is 3.94. The fourth-order valence-corrected chi connectivity index (χ4v) is 2.90. The fourth-order valence-electron chi connectivity index (χ4n) is 1.18. The maximum atomic E-state index is 11.9. The predicted molar refractivity (Wildman–Crippen MR) is 69.1 cm³/mol. The molecule has 0 aliphatic rings. The van der Waals surface area contributed by atoms with Crippen LogP contribution in [-0.4, -0.2) is 49.6 Å². The van der Waals surface area contributed by atoms with Gasteiger partial charge in [-0.25, -0.2) is 8.42 Å². The van der Waals surface area contributed by atoms with E-state index in [4.69, 9.17) is 18.0 Å². The summed E-state index contributed by atoms with van der Waals surface area (Å²) < 4.78 is 29.3. The molecule has 0 aliphatic carbocycles. The highest BCUT2D eigenvalue weighted by atomic mass is 32.2. The Hall–Kier alpha value is -0.730. The van der Waals surface area contributed by atoms with Gasteiger partial charge in [-0.05, 0) is 6.42 Å². The summed E-state index contributed by atoms with van der Waals surface area (Å²) in [6.45, 7) is 2.19. The number of nitrogens with zero attached hydrogens (tertiary/aromatic N) is 1. The van der Waals surface area contributed by atoms with Gasteiger partial charge in [-0.1, -0.05) is 19.1 Å². The Morgan fingerprint density at radius 1 is 1.47 bits per heavy atom. The molecule has 0 fully saturated rings. The summed E-state index contributed by atoms with van der Waals surface area (Å²) >= 11 is 4.69. The molecular formula is C9H18N2O4S2. The lowest BCUT2D eigenvalue weighted by Gasteiger charge is -2.20. The lowest BCUT2D eigenvalue weighted by molar-refractivity contribution is -0.140. The second-order valence-corrected chi connectivity index (χ2v) is 6.05. The molecule has 0 aromatic heterocycles. The van der Waals surface area contributed by atoms with Gasteiger partial charge in [-0.3, -0.25) is 4.79 Å². The number of esters is 1. The van der Waals surface area contributed by atoms with E-state index in [2.05, 4.69) is 4.74 Å². The smallest absolute Gasteiger partial charge is 0.306 e. The average molecular weight is 282 g/mol. The van der Waals surface area contributed by atoms with Crippen LogP contribution in [0.3, 0.4) is 0 Å². The van der Waals surface area contributed by atoms with Crippen molar-refractivity contribution in [2.45, 2.75) is 19.8 Å². The normalized spacial score (nSPS) is 11.5. The molecule has 0 amide bonds. The van der Waals surface area contributed by atoms with Crippen LogP contribution in [0.1, 0.15) is 19.8 Å². The molecule has 0 heterocycles. The highest BCUT2D eigenvalue weighted by Gasteiger charge is 2.22. The highest BCUT2D eigenvalue weighted by molar-refractivity contribution is 7.89. The lowest BCUT2D eigenvalue weighted by Crippen LogP contribution is -2.39. The van der Waals surface area contributed by atoms with Crippen molar-refractivity contribution < 1.29 is 17.9 Å². The molecule has 8 heteroatoms. The molecule has 0 saturated carbocycles. The Bertz CT molecular complexity index is 367. The van der Waals surface area contributed by atoms with E-state index in [1.54, 1.807) is 0 Å². The van der Waals surface area contributed by atoms with E-state index in [1.807, 2.05) is 6.92 Å². The van der Waals surface area contributed by atoms with Gasteiger partial charge in [0, 0.05) is 6.54 Å². The SMILES string of the molecule is CCCN(CC(N)=S)S(=O)(=O)CCC(=O)OC. The summed E-state index contributed by atoms with van der Waals surface area (Å²) in [5, 5.41) is 0. The summed E-state index contributed by atoms with van der Waals surface area (Å²) in [6.07, 6.45) is 0.483. The zero-order chi connectivity index (χ0) is 13.5. The van der Waals surface area contributed by atoms with Crippen molar-refractivity contribution in [2.75, 3.05) is 26.0 Å². The molecule has 0 unspecified atom stereocenters. The number of sulfonamides is 1. The first kappa shape index (κ1) is 16.3. The predicted octanol–water partition coefficient (Wildman–Crippen LogP) is -0.123. The van der Waals surface area contributed by atoms with Gasteiger partial charge >= 0.3 is 5.97 Å². The molecule has 100 valence electrons. The van der Waals surface area contributed by atoms with Gasteiger partial charge in [0.25, 0.3) is 0 Å². The van der Waals surface area contributed by atoms with Crippen molar-refractivity contribution in [1.29, 1.82) is 0 Å². The quantitative estimate of drug-likeness (QED) is 0.493. The van der Waals surface area contributed by atoms with E-state index in [-0.39, 0.29) is 23.7 Å². The Morgan fingerprint density at radius 3 is 2.47 bits per heavy atom. The zero-order valence-electron chi connectivity index (χ0n) is 10.0. The number of thiocarbonyl (C=S) groups is 1. The van der Waals surface area contributed by atoms with Crippen LogP contribution in [-0.2, 0) is 19.6 Å². The lowest BCUT2D eigenvalue weighted by atomic mass is 10.5. The monoisotopic (exact) mass is 282 g/mol. The zero-order valence-corrected chi connectivity index (χ0v) is 11.6. The Labute approximate surface area is 107 Å². The molecule has 0 spiro atoms. The summed E-state index contributed by atoms with van der Waals surface area (Å²) in [5.41, 5.74) is 5.34. The van der Waals surface area contributed by atoms with Crippen LogP contribution in [0.2, 0.25) is 0 Å². The van der Waals surface area contributed by atoms with Crippen LogP contribution in [0.15, 0.2) is 0 Å². The summed E-state index contributed by atoms with van der Waals surface area (Å²) in [5.74, 6) is -0.845. The number of hydrogen-bond acceptors (Lipinski definition) is 5. The number of rotatable bonds is 8. The topological polar surface area (TPSA) is 89.7 Å². The number of methoxy groups -OCH3 is 1. The van der Waals surface area contributed by atoms with E-state index in [0.717, 1.165) is 0 Å². The summed E-state index contributed by atoms with van der Waals surface area (Å²) in [4.78, 5) is 11.0.